The van der Waals surface area contributed by atoms with Crippen LogP contribution < -0.4 is 10.1 Å². The molecule has 0 amide bonds. The minimum Gasteiger partial charge on any atom is -0.485 e. The third-order valence-corrected chi connectivity index (χ3v) is 5.11. The molecule has 2 unspecified atom stereocenters. The second-order valence-electron chi connectivity index (χ2n) is 7.74. The molecule has 2 aromatic carbocycles. The maximum absolute atomic E-state index is 13.1. The summed E-state index contributed by atoms with van der Waals surface area (Å²) in [6, 6.07) is 12.5. The lowest BCUT2D eigenvalue weighted by Crippen LogP contribution is -2.50. The molecule has 0 spiro atoms. The Bertz CT molecular complexity index is 776. The van der Waals surface area contributed by atoms with Gasteiger partial charge in [-0.3, -0.25) is 0 Å². The largest absolute Gasteiger partial charge is 0.485 e. The summed E-state index contributed by atoms with van der Waals surface area (Å²) in [6.45, 7) is 7.50. The standard InChI is InChI=1S/C23H30FNO3/c1-5-6-13-27-21-19-14-18(25-15-16-7-9-17(24)10-8-16)11-12-20(19)28-23(2,3)22(21)26-4/h7-12,14,21-22,25H,5-6,13,15H2,1-4H3. The number of hydrogen-bond donors (Lipinski definition) is 1. The molecule has 4 nitrogen and oxygen atoms in total. The molecule has 0 bridgehead atoms. The van der Waals surface area contributed by atoms with E-state index >= 15 is 0 Å². The van der Waals surface area contributed by atoms with E-state index in [0.717, 1.165) is 35.4 Å². The van der Waals surface area contributed by atoms with E-state index in [9.17, 15) is 4.39 Å². The average molecular weight is 387 g/mol. The first-order valence-corrected chi connectivity index (χ1v) is 9.90. The molecular formula is C23H30FNO3. The minimum atomic E-state index is -0.484. The van der Waals surface area contributed by atoms with E-state index in [0.29, 0.717) is 13.2 Å². The summed E-state index contributed by atoms with van der Waals surface area (Å²) in [4.78, 5) is 0. The van der Waals surface area contributed by atoms with Crippen LogP contribution in [0.2, 0.25) is 0 Å². The van der Waals surface area contributed by atoms with Crippen LogP contribution in [0.4, 0.5) is 10.1 Å². The number of unbranched alkanes of at least 4 members (excludes halogenated alkanes) is 1. The first-order chi connectivity index (χ1) is 13.4. The van der Waals surface area contributed by atoms with Gasteiger partial charge in [-0.25, -0.2) is 4.39 Å². The number of hydrogen-bond acceptors (Lipinski definition) is 4. The summed E-state index contributed by atoms with van der Waals surface area (Å²) < 4.78 is 31.3. The van der Waals surface area contributed by atoms with E-state index in [1.807, 2.05) is 26.0 Å². The predicted octanol–water partition coefficient (Wildman–Crippen LogP) is 5.48. The first kappa shape index (κ1) is 20.6. The maximum atomic E-state index is 13.1. The molecular weight excluding hydrogens is 357 g/mol. The third kappa shape index (κ3) is 4.65. The lowest BCUT2D eigenvalue weighted by Gasteiger charge is -2.43. The van der Waals surface area contributed by atoms with Gasteiger partial charge < -0.3 is 19.5 Å². The maximum Gasteiger partial charge on any atom is 0.132 e. The quantitative estimate of drug-likeness (QED) is 0.609. The van der Waals surface area contributed by atoms with Crippen LogP contribution in [0.15, 0.2) is 42.5 Å². The van der Waals surface area contributed by atoms with E-state index in [2.05, 4.69) is 18.3 Å². The van der Waals surface area contributed by atoms with Crippen LogP contribution in [0.25, 0.3) is 0 Å². The zero-order chi connectivity index (χ0) is 20.1. The van der Waals surface area contributed by atoms with Crippen molar-refractivity contribution in [1.29, 1.82) is 0 Å². The molecule has 28 heavy (non-hydrogen) atoms. The summed E-state index contributed by atoms with van der Waals surface area (Å²) >= 11 is 0. The van der Waals surface area contributed by atoms with E-state index in [-0.39, 0.29) is 18.0 Å². The Morgan fingerprint density at radius 1 is 1.14 bits per heavy atom. The number of benzene rings is 2. The fourth-order valence-corrected chi connectivity index (χ4v) is 3.59. The lowest BCUT2D eigenvalue weighted by molar-refractivity contribution is -0.150. The summed E-state index contributed by atoms with van der Waals surface area (Å²) in [7, 11) is 1.70. The molecule has 152 valence electrons. The molecule has 3 rings (SSSR count). The van der Waals surface area contributed by atoms with Crippen molar-refractivity contribution in [1.82, 2.24) is 0 Å². The summed E-state index contributed by atoms with van der Waals surface area (Å²) in [6.07, 6.45) is 1.69. The zero-order valence-corrected chi connectivity index (χ0v) is 17.1. The molecule has 0 fully saturated rings. The summed E-state index contributed by atoms with van der Waals surface area (Å²) in [5.74, 6) is 0.599. The number of nitrogens with one attached hydrogen (secondary N) is 1. The van der Waals surface area contributed by atoms with Crippen LogP contribution in [0, 0.1) is 5.82 Å². The third-order valence-electron chi connectivity index (χ3n) is 5.11. The number of methoxy groups -OCH3 is 1. The summed E-state index contributed by atoms with van der Waals surface area (Å²) in [5.41, 5.74) is 2.49. The van der Waals surface area contributed by atoms with Crippen molar-refractivity contribution in [2.24, 2.45) is 0 Å². The van der Waals surface area contributed by atoms with Crippen molar-refractivity contribution in [3.05, 3.63) is 59.4 Å². The first-order valence-electron chi connectivity index (χ1n) is 9.90. The fraction of sp³-hybridized carbons (Fsp3) is 0.478. The van der Waals surface area contributed by atoms with Crippen molar-refractivity contribution in [2.75, 3.05) is 19.0 Å². The van der Waals surface area contributed by atoms with Gasteiger partial charge in [0.1, 0.15) is 29.4 Å². The molecule has 5 heteroatoms. The molecule has 0 saturated heterocycles. The molecule has 1 heterocycles. The number of ether oxygens (including phenoxy) is 3. The fourth-order valence-electron chi connectivity index (χ4n) is 3.59. The second-order valence-corrected chi connectivity index (χ2v) is 7.74. The highest BCUT2D eigenvalue weighted by Gasteiger charge is 2.45. The average Bonchev–Trinajstić information content (AvgIpc) is 2.67. The van der Waals surface area contributed by atoms with E-state index < -0.39 is 5.60 Å². The highest BCUT2D eigenvalue weighted by molar-refractivity contribution is 5.53. The van der Waals surface area contributed by atoms with Gasteiger partial charge in [-0.1, -0.05) is 25.5 Å². The Labute approximate surface area is 167 Å². The van der Waals surface area contributed by atoms with Crippen LogP contribution in [-0.4, -0.2) is 25.4 Å². The topological polar surface area (TPSA) is 39.7 Å². The molecule has 2 atom stereocenters. The molecule has 1 aliphatic heterocycles. The summed E-state index contributed by atoms with van der Waals surface area (Å²) in [5, 5.41) is 3.40. The highest BCUT2D eigenvalue weighted by Crippen LogP contribution is 2.44. The van der Waals surface area contributed by atoms with Crippen molar-refractivity contribution in [3.8, 4) is 5.75 Å². The van der Waals surface area contributed by atoms with Crippen molar-refractivity contribution >= 4 is 5.69 Å². The molecule has 2 aromatic rings. The normalized spacial score (nSPS) is 20.3. The van der Waals surface area contributed by atoms with Crippen LogP contribution in [-0.2, 0) is 16.0 Å². The van der Waals surface area contributed by atoms with E-state index in [1.165, 1.54) is 12.1 Å². The van der Waals surface area contributed by atoms with Gasteiger partial charge in [-0.15, -0.1) is 0 Å². The van der Waals surface area contributed by atoms with Gasteiger partial charge in [-0.05, 0) is 56.2 Å². The Morgan fingerprint density at radius 3 is 2.57 bits per heavy atom. The lowest BCUT2D eigenvalue weighted by atomic mass is 9.88. The smallest absolute Gasteiger partial charge is 0.132 e. The highest BCUT2D eigenvalue weighted by atomic mass is 19.1. The molecule has 1 N–H and O–H groups in total. The Kier molecular flexibility index (Phi) is 6.57. The molecule has 0 radical (unpaired) electrons. The number of anilines is 1. The Balaban J connectivity index is 1.82. The predicted molar refractivity (Wildman–Crippen MR) is 109 cm³/mol. The van der Waals surface area contributed by atoms with Gasteiger partial charge in [-0.2, -0.15) is 0 Å². The second kappa shape index (κ2) is 8.93. The van der Waals surface area contributed by atoms with Gasteiger partial charge in [0.2, 0.25) is 0 Å². The van der Waals surface area contributed by atoms with Gasteiger partial charge in [0, 0.05) is 31.5 Å². The molecule has 0 aromatic heterocycles. The molecule has 0 aliphatic carbocycles. The van der Waals surface area contributed by atoms with Crippen molar-refractivity contribution in [3.63, 3.8) is 0 Å². The van der Waals surface area contributed by atoms with Crippen LogP contribution in [0.1, 0.15) is 50.8 Å². The van der Waals surface area contributed by atoms with Crippen molar-refractivity contribution in [2.45, 2.75) is 58.0 Å². The van der Waals surface area contributed by atoms with E-state index in [4.69, 9.17) is 14.2 Å². The van der Waals surface area contributed by atoms with Crippen LogP contribution >= 0.6 is 0 Å². The van der Waals surface area contributed by atoms with Crippen molar-refractivity contribution < 1.29 is 18.6 Å². The van der Waals surface area contributed by atoms with Crippen LogP contribution in [0.3, 0.4) is 0 Å². The number of halogens is 1. The monoisotopic (exact) mass is 387 g/mol. The van der Waals surface area contributed by atoms with Gasteiger partial charge in [0.05, 0.1) is 0 Å². The Hall–Kier alpha value is -2.11. The SMILES string of the molecule is CCCCOC1c2cc(NCc3ccc(F)cc3)ccc2OC(C)(C)C1OC. The number of fused-ring (bicyclic) bond motifs is 1. The Morgan fingerprint density at radius 2 is 1.89 bits per heavy atom. The molecule has 0 saturated carbocycles. The van der Waals surface area contributed by atoms with Gasteiger partial charge in [0.15, 0.2) is 0 Å². The van der Waals surface area contributed by atoms with Gasteiger partial charge in [0.25, 0.3) is 0 Å². The zero-order valence-electron chi connectivity index (χ0n) is 17.1. The molecule has 1 aliphatic rings. The van der Waals surface area contributed by atoms with Gasteiger partial charge >= 0.3 is 0 Å². The minimum absolute atomic E-state index is 0.192. The van der Waals surface area contributed by atoms with Crippen LogP contribution in [0.5, 0.6) is 5.75 Å². The van der Waals surface area contributed by atoms with E-state index in [1.54, 1.807) is 19.2 Å². The number of rotatable bonds is 8.